The highest BCUT2D eigenvalue weighted by atomic mass is 19.3. The van der Waals surface area contributed by atoms with E-state index in [4.69, 9.17) is 5.11 Å². The average molecular weight is 351 g/mol. The number of rotatable bonds is 4. The number of fused-ring (bicyclic) bond motifs is 1. The van der Waals surface area contributed by atoms with E-state index in [1.165, 1.54) is 23.2 Å². The lowest BCUT2D eigenvalue weighted by Gasteiger charge is -2.18. The van der Waals surface area contributed by atoms with Crippen molar-refractivity contribution < 1.29 is 28.2 Å². The number of carboxylic acids is 1. The van der Waals surface area contributed by atoms with Crippen LogP contribution in [0, 0.1) is 5.92 Å². The van der Waals surface area contributed by atoms with E-state index in [1.54, 1.807) is 12.1 Å². The van der Waals surface area contributed by atoms with Crippen molar-refractivity contribution in [3.8, 4) is 5.75 Å². The minimum atomic E-state index is -2.98. The molecule has 0 aliphatic carbocycles. The van der Waals surface area contributed by atoms with Gasteiger partial charge in [-0.1, -0.05) is 0 Å². The highest BCUT2D eigenvalue weighted by molar-refractivity contribution is 6.02. The molecule has 25 heavy (non-hydrogen) atoms. The molecule has 2 N–H and O–H groups in total. The van der Waals surface area contributed by atoms with Gasteiger partial charge in [0.2, 0.25) is 0 Å². The summed E-state index contributed by atoms with van der Waals surface area (Å²) in [6.07, 6.45) is 1.83. The van der Waals surface area contributed by atoms with Gasteiger partial charge in [0.15, 0.2) is 5.75 Å². The zero-order valence-corrected chi connectivity index (χ0v) is 13.0. The zero-order chi connectivity index (χ0) is 18.0. The number of hydrogen-bond donors (Lipinski definition) is 2. The van der Waals surface area contributed by atoms with Crippen molar-refractivity contribution in [3.63, 3.8) is 0 Å². The molecule has 1 unspecified atom stereocenters. The van der Waals surface area contributed by atoms with Gasteiger partial charge in [0.05, 0.1) is 11.6 Å². The monoisotopic (exact) mass is 351 g/mol. The number of pyridine rings is 1. The van der Waals surface area contributed by atoms with Crippen LogP contribution in [0.15, 0.2) is 30.5 Å². The molecule has 1 aliphatic heterocycles. The van der Waals surface area contributed by atoms with Crippen LogP contribution in [0.3, 0.4) is 0 Å². The molecule has 9 heteroatoms. The number of benzene rings is 1. The van der Waals surface area contributed by atoms with E-state index < -0.39 is 24.5 Å². The minimum absolute atomic E-state index is 0.0873. The molecule has 1 saturated heterocycles. The summed E-state index contributed by atoms with van der Waals surface area (Å²) < 4.78 is 29.4. The predicted molar refractivity (Wildman–Crippen MR) is 84.7 cm³/mol. The maximum Gasteiger partial charge on any atom is 0.387 e. The number of anilines is 1. The Bertz CT molecular complexity index is 815. The van der Waals surface area contributed by atoms with E-state index in [2.05, 4.69) is 15.0 Å². The number of ether oxygens (including phenoxy) is 1. The quantitative estimate of drug-likeness (QED) is 0.884. The third-order valence-electron chi connectivity index (χ3n) is 4.02. The Balaban J connectivity index is 1.82. The number of likely N-dealkylation sites (tertiary alicyclic amines) is 1. The summed E-state index contributed by atoms with van der Waals surface area (Å²) in [6.45, 7) is -2.52. The first-order valence-electron chi connectivity index (χ1n) is 7.57. The number of carbonyl (C=O) groups excluding carboxylic acids is 1. The minimum Gasteiger partial charge on any atom is -0.481 e. The standard InChI is InChI=1S/C16H15F2N3O4/c17-15(18)25-12-4-3-11(10-2-1-6-19-13(10)12)20-16(24)21-7-5-9(8-21)14(22)23/h1-4,6,9,15H,5,7-8H2,(H,20,24)(H,22,23). The largest absolute Gasteiger partial charge is 0.481 e. The number of carbonyl (C=O) groups is 2. The van der Waals surface area contributed by atoms with Gasteiger partial charge in [-0.05, 0) is 30.7 Å². The predicted octanol–water partition coefficient (Wildman–Crippen LogP) is 2.77. The van der Waals surface area contributed by atoms with Gasteiger partial charge in [0.1, 0.15) is 5.52 Å². The number of aliphatic carboxylic acids is 1. The van der Waals surface area contributed by atoms with Crippen molar-refractivity contribution in [2.24, 2.45) is 5.92 Å². The molecule has 2 amide bonds. The number of nitrogens with one attached hydrogen (secondary N) is 1. The van der Waals surface area contributed by atoms with Gasteiger partial charge in [-0.3, -0.25) is 9.78 Å². The fourth-order valence-electron chi connectivity index (χ4n) is 2.79. The number of urea groups is 1. The zero-order valence-electron chi connectivity index (χ0n) is 13.0. The summed E-state index contributed by atoms with van der Waals surface area (Å²) in [6, 6.07) is 5.54. The average Bonchev–Trinajstić information content (AvgIpc) is 3.07. The second-order valence-electron chi connectivity index (χ2n) is 5.59. The molecule has 0 radical (unpaired) electrons. The van der Waals surface area contributed by atoms with Gasteiger partial charge in [0.25, 0.3) is 0 Å². The Kier molecular flexibility index (Phi) is 4.64. The topological polar surface area (TPSA) is 91.8 Å². The van der Waals surface area contributed by atoms with Gasteiger partial charge < -0.3 is 20.1 Å². The first kappa shape index (κ1) is 16.9. The normalized spacial score (nSPS) is 17.1. The van der Waals surface area contributed by atoms with Crippen LogP contribution in [0.1, 0.15) is 6.42 Å². The molecule has 0 saturated carbocycles. The van der Waals surface area contributed by atoms with E-state index in [1.807, 2.05) is 0 Å². The lowest BCUT2D eigenvalue weighted by atomic mass is 10.1. The second-order valence-corrected chi connectivity index (χ2v) is 5.59. The number of alkyl halides is 2. The molecule has 0 bridgehead atoms. The number of amides is 2. The first-order chi connectivity index (χ1) is 12.0. The second kappa shape index (κ2) is 6.88. The van der Waals surface area contributed by atoms with Crippen molar-refractivity contribution in [1.82, 2.24) is 9.88 Å². The van der Waals surface area contributed by atoms with Gasteiger partial charge in [0, 0.05) is 24.7 Å². The maximum absolute atomic E-state index is 12.5. The Morgan fingerprint density at radius 3 is 2.84 bits per heavy atom. The van der Waals surface area contributed by atoms with Crippen LogP contribution in [0.4, 0.5) is 19.3 Å². The van der Waals surface area contributed by atoms with Gasteiger partial charge in [-0.15, -0.1) is 0 Å². The van der Waals surface area contributed by atoms with Crippen molar-refractivity contribution in [1.29, 1.82) is 0 Å². The fourth-order valence-corrected chi connectivity index (χ4v) is 2.79. The van der Waals surface area contributed by atoms with Gasteiger partial charge >= 0.3 is 18.6 Å². The molecule has 2 aromatic rings. The van der Waals surface area contributed by atoms with E-state index in [0.29, 0.717) is 24.0 Å². The molecule has 1 aliphatic rings. The molecule has 1 fully saturated rings. The van der Waals surface area contributed by atoms with Crippen molar-refractivity contribution in [2.45, 2.75) is 13.0 Å². The third-order valence-corrected chi connectivity index (χ3v) is 4.02. The van der Waals surface area contributed by atoms with Crippen LogP contribution in [0.2, 0.25) is 0 Å². The molecule has 132 valence electrons. The van der Waals surface area contributed by atoms with Crippen LogP contribution in [0.5, 0.6) is 5.75 Å². The molecular formula is C16H15F2N3O4. The number of aromatic nitrogens is 1. The van der Waals surface area contributed by atoms with Crippen LogP contribution >= 0.6 is 0 Å². The number of halogens is 2. The van der Waals surface area contributed by atoms with Crippen LogP contribution < -0.4 is 10.1 Å². The Morgan fingerprint density at radius 1 is 1.36 bits per heavy atom. The number of nitrogens with zero attached hydrogens (tertiary/aromatic N) is 2. The van der Waals surface area contributed by atoms with Crippen molar-refractivity contribution in [2.75, 3.05) is 18.4 Å². The van der Waals surface area contributed by atoms with E-state index >= 15 is 0 Å². The van der Waals surface area contributed by atoms with E-state index in [0.717, 1.165) is 0 Å². The smallest absolute Gasteiger partial charge is 0.387 e. The molecule has 2 heterocycles. The molecule has 7 nitrogen and oxygen atoms in total. The van der Waals surface area contributed by atoms with Crippen LogP contribution in [-0.4, -0.2) is 46.7 Å². The summed E-state index contributed by atoms with van der Waals surface area (Å²) in [4.78, 5) is 28.8. The Hall–Kier alpha value is -2.97. The fraction of sp³-hybridized carbons (Fsp3) is 0.312. The third kappa shape index (κ3) is 3.59. The van der Waals surface area contributed by atoms with Crippen molar-refractivity contribution in [3.05, 3.63) is 30.5 Å². The van der Waals surface area contributed by atoms with Crippen LogP contribution in [-0.2, 0) is 4.79 Å². The Labute approximate surface area is 141 Å². The Morgan fingerprint density at radius 2 is 2.16 bits per heavy atom. The highest BCUT2D eigenvalue weighted by Gasteiger charge is 2.31. The summed E-state index contributed by atoms with van der Waals surface area (Å²) in [5.74, 6) is -1.60. The SMILES string of the molecule is O=C(O)C1CCN(C(=O)Nc2ccc(OC(F)F)c3ncccc23)C1. The molecular weight excluding hydrogens is 336 g/mol. The molecule has 1 atom stereocenters. The van der Waals surface area contributed by atoms with E-state index in [9.17, 15) is 18.4 Å². The molecule has 1 aromatic carbocycles. The molecule has 3 rings (SSSR count). The highest BCUT2D eigenvalue weighted by Crippen LogP contribution is 2.31. The van der Waals surface area contributed by atoms with Crippen LogP contribution in [0.25, 0.3) is 10.9 Å². The maximum atomic E-state index is 12.5. The van der Waals surface area contributed by atoms with Gasteiger partial charge in [-0.25, -0.2) is 4.79 Å². The number of hydrogen-bond acceptors (Lipinski definition) is 4. The lowest BCUT2D eigenvalue weighted by Crippen LogP contribution is -2.33. The van der Waals surface area contributed by atoms with Crippen molar-refractivity contribution >= 4 is 28.6 Å². The molecule has 0 spiro atoms. The molecule has 1 aromatic heterocycles. The van der Waals surface area contributed by atoms with Gasteiger partial charge in [-0.2, -0.15) is 8.78 Å². The summed E-state index contributed by atoms with van der Waals surface area (Å²) in [5, 5.41) is 12.1. The van der Waals surface area contributed by atoms with E-state index in [-0.39, 0.29) is 17.8 Å². The summed E-state index contributed by atoms with van der Waals surface area (Å²) >= 11 is 0. The first-order valence-corrected chi connectivity index (χ1v) is 7.57. The number of carboxylic acid groups (broad SMARTS) is 1. The summed E-state index contributed by atoms with van der Waals surface area (Å²) in [7, 11) is 0. The lowest BCUT2D eigenvalue weighted by molar-refractivity contribution is -0.141. The summed E-state index contributed by atoms with van der Waals surface area (Å²) in [5.41, 5.74) is 0.582.